The first-order valence-electron chi connectivity index (χ1n) is 8.16. The topological polar surface area (TPSA) is 38.2 Å². The van der Waals surface area contributed by atoms with Crippen LogP contribution in [-0.2, 0) is 13.1 Å². The van der Waals surface area contributed by atoms with Crippen molar-refractivity contribution in [2.45, 2.75) is 13.1 Å². The maximum absolute atomic E-state index is 5.83. The van der Waals surface area contributed by atoms with Gasteiger partial charge in [0, 0.05) is 50.0 Å². The van der Waals surface area contributed by atoms with Crippen LogP contribution in [0.4, 0.5) is 0 Å². The molecule has 0 saturated heterocycles. The Balaban J connectivity index is 1.60. The SMILES string of the molecule is c1ccc(-c2ccncc2CN2CCOc3ccncc3C2)cc1. The molecular formula is C20H19N3O. The summed E-state index contributed by atoms with van der Waals surface area (Å²) in [6.45, 7) is 3.26. The van der Waals surface area contributed by atoms with E-state index < -0.39 is 0 Å². The zero-order chi connectivity index (χ0) is 16.2. The Morgan fingerprint density at radius 3 is 2.71 bits per heavy atom. The minimum Gasteiger partial charge on any atom is -0.492 e. The Morgan fingerprint density at radius 1 is 0.958 bits per heavy atom. The molecule has 0 N–H and O–H groups in total. The second kappa shape index (κ2) is 6.81. The fourth-order valence-electron chi connectivity index (χ4n) is 3.11. The molecule has 0 atom stereocenters. The summed E-state index contributed by atoms with van der Waals surface area (Å²) in [4.78, 5) is 10.9. The predicted molar refractivity (Wildman–Crippen MR) is 93.5 cm³/mol. The molecular weight excluding hydrogens is 298 g/mol. The second-order valence-electron chi connectivity index (χ2n) is 5.94. The number of nitrogens with zero attached hydrogens (tertiary/aromatic N) is 3. The quantitative estimate of drug-likeness (QED) is 0.740. The summed E-state index contributed by atoms with van der Waals surface area (Å²) in [5.41, 5.74) is 4.83. The Hall–Kier alpha value is -2.72. The number of benzene rings is 1. The Labute approximate surface area is 141 Å². The van der Waals surface area contributed by atoms with Crippen LogP contribution in [-0.4, -0.2) is 28.0 Å². The van der Waals surface area contributed by atoms with Crippen LogP contribution in [0.1, 0.15) is 11.1 Å². The van der Waals surface area contributed by atoms with Gasteiger partial charge in [-0.3, -0.25) is 14.9 Å². The molecule has 0 bridgehead atoms. The molecule has 120 valence electrons. The highest BCUT2D eigenvalue weighted by molar-refractivity contribution is 5.66. The normalized spacial score (nSPS) is 14.5. The summed E-state index contributed by atoms with van der Waals surface area (Å²) < 4.78 is 5.83. The van der Waals surface area contributed by atoms with Gasteiger partial charge in [0.15, 0.2) is 0 Å². The average molecular weight is 317 g/mol. The first kappa shape index (κ1) is 14.8. The smallest absolute Gasteiger partial charge is 0.126 e. The van der Waals surface area contributed by atoms with Gasteiger partial charge in [0.2, 0.25) is 0 Å². The molecule has 0 fully saturated rings. The van der Waals surface area contributed by atoms with Crippen LogP contribution in [0.3, 0.4) is 0 Å². The van der Waals surface area contributed by atoms with E-state index >= 15 is 0 Å². The van der Waals surface area contributed by atoms with Crippen molar-refractivity contribution >= 4 is 0 Å². The third-order valence-electron chi connectivity index (χ3n) is 4.30. The lowest BCUT2D eigenvalue weighted by Gasteiger charge is -2.21. The molecule has 0 unspecified atom stereocenters. The Kier molecular flexibility index (Phi) is 4.21. The fraction of sp³-hybridized carbons (Fsp3) is 0.200. The van der Waals surface area contributed by atoms with Crippen molar-refractivity contribution in [2.24, 2.45) is 0 Å². The number of rotatable bonds is 3. The van der Waals surface area contributed by atoms with Crippen LogP contribution in [0.5, 0.6) is 5.75 Å². The van der Waals surface area contributed by atoms with E-state index in [-0.39, 0.29) is 0 Å². The van der Waals surface area contributed by atoms with Gasteiger partial charge in [-0.25, -0.2) is 0 Å². The molecule has 3 heterocycles. The van der Waals surface area contributed by atoms with Gasteiger partial charge in [-0.15, -0.1) is 0 Å². The molecule has 0 spiro atoms. The Morgan fingerprint density at radius 2 is 1.79 bits per heavy atom. The fourth-order valence-corrected chi connectivity index (χ4v) is 3.11. The summed E-state index contributed by atoms with van der Waals surface area (Å²) in [7, 11) is 0. The number of hydrogen-bond donors (Lipinski definition) is 0. The minimum atomic E-state index is 0.692. The van der Waals surface area contributed by atoms with Crippen LogP contribution < -0.4 is 4.74 Å². The summed E-state index contributed by atoms with van der Waals surface area (Å²) in [5.74, 6) is 0.946. The van der Waals surface area contributed by atoms with Crippen molar-refractivity contribution in [2.75, 3.05) is 13.2 Å². The van der Waals surface area contributed by atoms with Crippen molar-refractivity contribution in [1.82, 2.24) is 14.9 Å². The van der Waals surface area contributed by atoms with Gasteiger partial charge in [0.05, 0.1) is 0 Å². The van der Waals surface area contributed by atoms with Gasteiger partial charge >= 0.3 is 0 Å². The zero-order valence-electron chi connectivity index (χ0n) is 13.4. The van der Waals surface area contributed by atoms with Crippen LogP contribution in [0, 0.1) is 0 Å². The molecule has 24 heavy (non-hydrogen) atoms. The maximum atomic E-state index is 5.83. The van der Waals surface area contributed by atoms with Crippen LogP contribution in [0.25, 0.3) is 11.1 Å². The molecule has 4 nitrogen and oxygen atoms in total. The van der Waals surface area contributed by atoms with Crippen LogP contribution in [0.2, 0.25) is 0 Å². The first-order valence-corrected chi connectivity index (χ1v) is 8.16. The van der Waals surface area contributed by atoms with Crippen LogP contribution in [0.15, 0.2) is 67.3 Å². The van der Waals surface area contributed by atoms with Gasteiger partial charge in [-0.1, -0.05) is 30.3 Å². The summed E-state index contributed by atoms with van der Waals surface area (Å²) in [5, 5.41) is 0. The van der Waals surface area contributed by atoms with Crippen molar-refractivity contribution in [3.63, 3.8) is 0 Å². The van der Waals surface area contributed by atoms with E-state index in [0.717, 1.165) is 30.9 Å². The van der Waals surface area contributed by atoms with E-state index in [0.29, 0.717) is 6.61 Å². The van der Waals surface area contributed by atoms with Crippen molar-refractivity contribution < 1.29 is 4.74 Å². The van der Waals surface area contributed by atoms with E-state index in [1.54, 1.807) is 6.20 Å². The zero-order valence-corrected chi connectivity index (χ0v) is 13.4. The average Bonchev–Trinajstić information content (AvgIpc) is 2.84. The minimum absolute atomic E-state index is 0.692. The monoisotopic (exact) mass is 317 g/mol. The number of pyridine rings is 2. The predicted octanol–water partition coefficient (Wildman–Crippen LogP) is 3.54. The number of ether oxygens (including phenoxy) is 1. The molecule has 4 rings (SSSR count). The summed E-state index contributed by atoms with van der Waals surface area (Å²) in [6, 6.07) is 14.5. The molecule has 0 radical (unpaired) electrons. The molecule has 1 aromatic carbocycles. The molecule has 4 heteroatoms. The molecule has 2 aromatic heterocycles. The highest BCUT2D eigenvalue weighted by Gasteiger charge is 2.17. The van der Waals surface area contributed by atoms with E-state index in [4.69, 9.17) is 4.74 Å². The Bertz CT molecular complexity index is 820. The second-order valence-corrected chi connectivity index (χ2v) is 5.94. The highest BCUT2D eigenvalue weighted by Crippen LogP contribution is 2.26. The van der Waals surface area contributed by atoms with Crippen molar-refractivity contribution in [3.8, 4) is 16.9 Å². The maximum Gasteiger partial charge on any atom is 0.126 e. The number of fused-ring (bicyclic) bond motifs is 1. The van der Waals surface area contributed by atoms with Gasteiger partial charge in [-0.05, 0) is 28.8 Å². The van der Waals surface area contributed by atoms with Gasteiger partial charge in [0.1, 0.15) is 12.4 Å². The third kappa shape index (κ3) is 3.14. The number of aromatic nitrogens is 2. The largest absolute Gasteiger partial charge is 0.492 e. The standard InChI is InChI=1S/C20H19N3O/c1-2-4-16(5-3-1)19-6-8-21-12-17(19)14-23-10-11-24-20-7-9-22-13-18(20)15-23/h1-9,12-13H,10-11,14-15H2. The highest BCUT2D eigenvalue weighted by atomic mass is 16.5. The van der Waals surface area contributed by atoms with Gasteiger partial charge < -0.3 is 4.74 Å². The van der Waals surface area contributed by atoms with Crippen LogP contribution >= 0.6 is 0 Å². The van der Waals surface area contributed by atoms with Gasteiger partial charge in [0.25, 0.3) is 0 Å². The molecule has 0 aliphatic carbocycles. The van der Waals surface area contributed by atoms with E-state index in [2.05, 4.69) is 45.2 Å². The van der Waals surface area contributed by atoms with Crippen molar-refractivity contribution in [1.29, 1.82) is 0 Å². The molecule has 1 aliphatic heterocycles. The van der Waals surface area contributed by atoms with E-state index in [1.807, 2.05) is 30.7 Å². The molecule has 3 aromatic rings. The van der Waals surface area contributed by atoms with E-state index in [9.17, 15) is 0 Å². The van der Waals surface area contributed by atoms with Gasteiger partial charge in [-0.2, -0.15) is 0 Å². The number of hydrogen-bond acceptors (Lipinski definition) is 4. The molecule has 0 saturated carbocycles. The summed E-state index contributed by atoms with van der Waals surface area (Å²) >= 11 is 0. The summed E-state index contributed by atoms with van der Waals surface area (Å²) in [6.07, 6.45) is 7.51. The van der Waals surface area contributed by atoms with Crippen molar-refractivity contribution in [3.05, 3.63) is 78.4 Å². The van der Waals surface area contributed by atoms with E-state index in [1.165, 1.54) is 16.7 Å². The molecule has 1 aliphatic rings. The lowest BCUT2D eigenvalue weighted by atomic mass is 10.0. The lowest BCUT2D eigenvalue weighted by molar-refractivity contribution is 0.219. The first-order chi connectivity index (χ1) is 11.9. The molecule has 0 amide bonds. The third-order valence-corrected chi connectivity index (χ3v) is 4.30. The lowest BCUT2D eigenvalue weighted by Crippen LogP contribution is -2.25.